The fourth-order valence-corrected chi connectivity index (χ4v) is 2.77. The van der Waals surface area contributed by atoms with Gasteiger partial charge in [-0.25, -0.2) is 8.42 Å². The van der Waals surface area contributed by atoms with Gasteiger partial charge in [-0.1, -0.05) is 30.3 Å². The van der Waals surface area contributed by atoms with Crippen LogP contribution in [0.1, 0.15) is 5.56 Å². The number of hydrogen-bond donors (Lipinski definition) is 1. The maximum Gasteiger partial charge on any atom is 0.262 e. The van der Waals surface area contributed by atoms with Gasteiger partial charge in [0.05, 0.1) is 4.90 Å². The highest BCUT2D eigenvalue weighted by atomic mass is 32.2. The molecule has 0 heterocycles. The molecule has 3 nitrogen and oxygen atoms in total. The maximum absolute atomic E-state index is 12.1. The molecule has 0 saturated carbocycles. The molecule has 1 N–H and O–H groups in total. The lowest BCUT2D eigenvalue weighted by molar-refractivity contribution is 0.600. The summed E-state index contributed by atoms with van der Waals surface area (Å²) in [6.45, 7) is 1.76. The van der Waals surface area contributed by atoms with Gasteiger partial charge in [0.25, 0.3) is 10.0 Å². The van der Waals surface area contributed by atoms with E-state index in [1.54, 1.807) is 43.3 Å². The minimum atomic E-state index is -3.53. The number of benzene rings is 2. The number of nitrogens with one attached hydrogen (secondary N) is 1. The summed E-state index contributed by atoms with van der Waals surface area (Å²) >= 11 is 0. The topological polar surface area (TPSA) is 46.2 Å². The van der Waals surface area contributed by atoms with Gasteiger partial charge < -0.3 is 0 Å². The molecule has 17 heavy (non-hydrogen) atoms. The monoisotopic (exact) mass is 246 g/mol. The zero-order valence-electron chi connectivity index (χ0n) is 9.34. The number of anilines is 1. The standard InChI is InChI=1S/C13H12NO2S/c1-11-7-5-6-10-13(11)17(15,16)14-12-8-3-2-4-9-12/h2-5,7-10,14H,1H3. The van der Waals surface area contributed by atoms with Crippen LogP contribution in [0.4, 0.5) is 5.69 Å². The Balaban J connectivity index is 2.36. The van der Waals surface area contributed by atoms with Gasteiger partial charge in [0, 0.05) is 5.69 Å². The summed E-state index contributed by atoms with van der Waals surface area (Å²) in [6.07, 6.45) is 0. The molecule has 0 aliphatic carbocycles. The fraction of sp³-hybridized carbons (Fsp3) is 0.0769. The Morgan fingerprint density at radius 2 is 1.82 bits per heavy atom. The zero-order valence-corrected chi connectivity index (χ0v) is 10.2. The van der Waals surface area contributed by atoms with Crippen molar-refractivity contribution in [2.75, 3.05) is 4.72 Å². The molecule has 2 aromatic rings. The van der Waals surface area contributed by atoms with E-state index in [9.17, 15) is 8.42 Å². The van der Waals surface area contributed by atoms with Gasteiger partial charge in [0.15, 0.2) is 0 Å². The van der Waals surface area contributed by atoms with Gasteiger partial charge in [0.2, 0.25) is 0 Å². The number of rotatable bonds is 3. The van der Waals surface area contributed by atoms with E-state index < -0.39 is 10.0 Å². The largest absolute Gasteiger partial charge is 0.280 e. The Labute approximate surface area is 101 Å². The minimum absolute atomic E-state index is 0.254. The molecule has 0 aliphatic rings. The van der Waals surface area contributed by atoms with Crippen molar-refractivity contribution in [3.63, 3.8) is 0 Å². The fourth-order valence-electron chi connectivity index (χ4n) is 1.50. The van der Waals surface area contributed by atoms with Crippen LogP contribution in [0.15, 0.2) is 53.4 Å². The van der Waals surface area contributed by atoms with E-state index in [1.807, 2.05) is 6.07 Å². The van der Waals surface area contributed by atoms with Crippen LogP contribution in [-0.4, -0.2) is 8.42 Å². The Morgan fingerprint density at radius 1 is 1.12 bits per heavy atom. The smallest absolute Gasteiger partial charge is 0.262 e. The van der Waals surface area contributed by atoms with Gasteiger partial charge in [-0.2, -0.15) is 0 Å². The molecule has 0 amide bonds. The highest BCUT2D eigenvalue weighted by molar-refractivity contribution is 7.92. The van der Waals surface area contributed by atoms with Crippen LogP contribution in [-0.2, 0) is 10.0 Å². The van der Waals surface area contributed by atoms with E-state index in [0.717, 1.165) is 0 Å². The zero-order chi connectivity index (χ0) is 12.3. The first kappa shape index (κ1) is 11.7. The average Bonchev–Trinajstić information content (AvgIpc) is 2.30. The summed E-state index contributed by atoms with van der Waals surface area (Å²) in [5.74, 6) is 0. The van der Waals surface area contributed by atoms with Crippen LogP contribution in [0, 0.1) is 13.0 Å². The van der Waals surface area contributed by atoms with Crippen LogP contribution in [0.3, 0.4) is 0 Å². The first-order valence-corrected chi connectivity index (χ1v) is 6.62. The van der Waals surface area contributed by atoms with Gasteiger partial charge in [0.1, 0.15) is 0 Å². The number of sulfonamides is 1. The first-order valence-electron chi connectivity index (χ1n) is 5.14. The Hall–Kier alpha value is -1.81. The lowest BCUT2D eigenvalue weighted by Crippen LogP contribution is -2.14. The molecular weight excluding hydrogens is 234 g/mol. The van der Waals surface area contributed by atoms with Crippen LogP contribution >= 0.6 is 0 Å². The SMILES string of the molecule is Cc1cc[c]cc1S(=O)(=O)Nc1ccccc1. The second kappa shape index (κ2) is 4.59. The van der Waals surface area contributed by atoms with Gasteiger partial charge in [-0.15, -0.1) is 0 Å². The molecule has 2 rings (SSSR count). The summed E-state index contributed by atoms with van der Waals surface area (Å²) in [5.41, 5.74) is 1.25. The van der Waals surface area contributed by atoms with Crippen molar-refractivity contribution in [2.45, 2.75) is 11.8 Å². The van der Waals surface area contributed by atoms with Crippen LogP contribution in [0.5, 0.6) is 0 Å². The molecule has 0 bridgehead atoms. The van der Waals surface area contributed by atoms with Crippen molar-refractivity contribution < 1.29 is 8.42 Å². The van der Waals surface area contributed by atoms with E-state index in [-0.39, 0.29) is 4.90 Å². The van der Waals surface area contributed by atoms with E-state index in [0.29, 0.717) is 11.3 Å². The Morgan fingerprint density at radius 3 is 2.47 bits per heavy atom. The maximum atomic E-state index is 12.1. The first-order chi connectivity index (χ1) is 8.09. The molecule has 0 saturated heterocycles. The van der Waals surface area contributed by atoms with E-state index >= 15 is 0 Å². The molecule has 0 spiro atoms. The van der Waals surface area contributed by atoms with E-state index in [1.165, 1.54) is 6.07 Å². The van der Waals surface area contributed by atoms with Crippen molar-refractivity contribution in [3.8, 4) is 0 Å². The lowest BCUT2D eigenvalue weighted by Gasteiger charge is -2.09. The highest BCUT2D eigenvalue weighted by Crippen LogP contribution is 2.18. The Kier molecular flexibility index (Phi) is 3.15. The van der Waals surface area contributed by atoms with Crippen molar-refractivity contribution in [3.05, 3.63) is 60.2 Å². The summed E-state index contributed by atoms with van der Waals surface area (Å²) in [5, 5.41) is 0. The van der Waals surface area contributed by atoms with Gasteiger partial charge in [-0.3, -0.25) is 4.72 Å². The third kappa shape index (κ3) is 2.65. The number of para-hydroxylation sites is 1. The summed E-state index contributed by atoms with van der Waals surface area (Å²) in [4.78, 5) is 0.254. The van der Waals surface area contributed by atoms with Gasteiger partial charge >= 0.3 is 0 Å². The minimum Gasteiger partial charge on any atom is -0.280 e. The molecule has 87 valence electrons. The second-order valence-corrected chi connectivity index (χ2v) is 5.31. The molecule has 4 heteroatoms. The highest BCUT2D eigenvalue weighted by Gasteiger charge is 2.15. The van der Waals surface area contributed by atoms with Crippen LogP contribution in [0.25, 0.3) is 0 Å². The molecule has 0 atom stereocenters. The predicted molar refractivity (Wildman–Crippen MR) is 67.3 cm³/mol. The predicted octanol–water partition coefficient (Wildman–Crippen LogP) is 2.60. The summed E-state index contributed by atoms with van der Waals surface area (Å²) < 4.78 is 26.7. The van der Waals surface area contributed by atoms with Crippen molar-refractivity contribution in [2.24, 2.45) is 0 Å². The Bertz CT molecular complexity index is 606. The normalized spacial score (nSPS) is 11.1. The van der Waals surface area contributed by atoms with E-state index in [2.05, 4.69) is 10.8 Å². The molecule has 0 fully saturated rings. The third-order valence-electron chi connectivity index (χ3n) is 2.35. The quantitative estimate of drug-likeness (QED) is 0.904. The second-order valence-electron chi connectivity index (χ2n) is 3.66. The van der Waals surface area contributed by atoms with Gasteiger partial charge in [-0.05, 0) is 36.8 Å². The number of aryl methyl sites for hydroxylation is 1. The van der Waals surface area contributed by atoms with E-state index in [4.69, 9.17) is 0 Å². The van der Waals surface area contributed by atoms with Crippen molar-refractivity contribution >= 4 is 15.7 Å². The molecule has 2 aromatic carbocycles. The summed E-state index contributed by atoms with van der Waals surface area (Å²) in [7, 11) is -3.53. The average molecular weight is 246 g/mol. The van der Waals surface area contributed by atoms with Crippen molar-refractivity contribution in [1.29, 1.82) is 0 Å². The molecular formula is C13H12NO2S. The third-order valence-corrected chi connectivity index (χ3v) is 3.87. The molecule has 1 radical (unpaired) electrons. The summed E-state index contributed by atoms with van der Waals surface area (Å²) in [6, 6.07) is 16.5. The van der Waals surface area contributed by atoms with Crippen LogP contribution in [0.2, 0.25) is 0 Å². The van der Waals surface area contributed by atoms with Crippen molar-refractivity contribution in [1.82, 2.24) is 0 Å². The molecule has 0 aliphatic heterocycles. The molecule has 0 unspecified atom stereocenters. The lowest BCUT2D eigenvalue weighted by atomic mass is 10.2. The molecule has 0 aromatic heterocycles. The van der Waals surface area contributed by atoms with Crippen LogP contribution < -0.4 is 4.72 Å². The number of hydrogen-bond acceptors (Lipinski definition) is 2.